The number of carbonyl (C=O) groups is 2. The van der Waals surface area contributed by atoms with Gasteiger partial charge in [0, 0.05) is 37.5 Å². The van der Waals surface area contributed by atoms with E-state index in [-0.39, 0.29) is 17.7 Å². The maximum Gasteiger partial charge on any atom is 0.266 e. The Morgan fingerprint density at radius 1 is 1.18 bits per heavy atom. The molecule has 0 aliphatic carbocycles. The third kappa shape index (κ3) is 5.31. The Hall–Kier alpha value is -1.50. The zero-order valence-corrected chi connectivity index (χ0v) is 17.4. The highest BCUT2D eigenvalue weighted by Gasteiger charge is 2.45. The zero-order chi connectivity index (χ0) is 20.0. The molecular weight excluding hydrogens is 401 g/mol. The molecule has 1 aromatic carbocycles. The molecule has 1 aromatic rings. The van der Waals surface area contributed by atoms with E-state index in [1.807, 2.05) is 17.0 Å². The second-order valence-corrected chi connectivity index (χ2v) is 8.18. The highest BCUT2D eigenvalue weighted by Crippen LogP contribution is 2.31. The van der Waals surface area contributed by atoms with Crippen molar-refractivity contribution in [3.8, 4) is 5.75 Å². The molecule has 2 heterocycles. The zero-order valence-electron chi connectivity index (χ0n) is 15.9. The number of likely N-dealkylation sites (tertiary alicyclic amines) is 1. The highest BCUT2D eigenvalue weighted by atomic mass is 35.5. The molecule has 2 fully saturated rings. The van der Waals surface area contributed by atoms with Gasteiger partial charge in [0.25, 0.3) is 5.91 Å². The lowest BCUT2D eigenvalue weighted by Crippen LogP contribution is -2.59. The number of hydrogen-bond acceptors (Lipinski definition) is 4. The number of nitrogens with one attached hydrogen (secondary N) is 2. The van der Waals surface area contributed by atoms with Crippen molar-refractivity contribution >= 4 is 35.0 Å². The van der Waals surface area contributed by atoms with E-state index in [1.54, 1.807) is 12.1 Å². The van der Waals surface area contributed by atoms with Crippen molar-refractivity contribution in [1.82, 2.24) is 15.5 Å². The fraction of sp³-hybridized carbons (Fsp3) is 0.600. The van der Waals surface area contributed by atoms with Crippen molar-refractivity contribution < 1.29 is 14.3 Å². The average molecular weight is 428 g/mol. The fourth-order valence-electron chi connectivity index (χ4n) is 3.85. The summed E-state index contributed by atoms with van der Waals surface area (Å²) in [5.74, 6) is 0.934. The standard InChI is InChI=1S/C20H27Cl2N3O3/c21-13-18(26)24-14-15-5-11-25(12-6-15)19(27)20(7-9-23-10-8-20)28-17-3-1-16(22)2-4-17/h1-4,15,23H,5-14H2,(H,24,26). The molecular formula is C20H27Cl2N3O3. The molecule has 0 spiro atoms. The molecule has 0 bridgehead atoms. The van der Waals surface area contributed by atoms with E-state index >= 15 is 0 Å². The van der Waals surface area contributed by atoms with Crippen molar-refractivity contribution in [3.63, 3.8) is 0 Å². The van der Waals surface area contributed by atoms with Crippen LogP contribution in [-0.4, -0.2) is 60.9 Å². The lowest BCUT2D eigenvalue weighted by atomic mass is 9.88. The first-order valence-electron chi connectivity index (χ1n) is 9.80. The van der Waals surface area contributed by atoms with E-state index in [9.17, 15) is 9.59 Å². The molecule has 2 saturated heterocycles. The first kappa shape index (κ1) is 21.2. The van der Waals surface area contributed by atoms with Crippen molar-refractivity contribution in [1.29, 1.82) is 0 Å². The monoisotopic (exact) mass is 427 g/mol. The number of amides is 2. The van der Waals surface area contributed by atoms with Crippen LogP contribution >= 0.6 is 23.2 Å². The van der Waals surface area contributed by atoms with E-state index in [0.29, 0.717) is 49.2 Å². The normalized spacial score (nSPS) is 19.9. The Labute approximate surface area is 175 Å². The lowest BCUT2D eigenvalue weighted by molar-refractivity contribution is -0.152. The average Bonchev–Trinajstić information content (AvgIpc) is 2.74. The number of nitrogens with zero attached hydrogens (tertiary/aromatic N) is 1. The van der Waals surface area contributed by atoms with E-state index in [2.05, 4.69) is 10.6 Å². The Balaban J connectivity index is 1.62. The summed E-state index contributed by atoms with van der Waals surface area (Å²) in [5.41, 5.74) is -0.835. The van der Waals surface area contributed by atoms with E-state index in [4.69, 9.17) is 27.9 Å². The molecule has 28 heavy (non-hydrogen) atoms. The largest absolute Gasteiger partial charge is 0.477 e. The number of piperidine rings is 2. The van der Waals surface area contributed by atoms with Crippen LogP contribution in [-0.2, 0) is 9.59 Å². The maximum atomic E-state index is 13.4. The van der Waals surface area contributed by atoms with Gasteiger partial charge < -0.3 is 20.3 Å². The summed E-state index contributed by atoms with van der Waals surface area (Å²) in [6.07, 6.45) is 3.01. The minimum absolute atomic E-state index is 0.0179. The minimum Gasteiger partial charge on any atom is -0.477 e. The van der Waals surface area contributed by atoms with Crippen LogP contribution in [0, 0.1) is 5.92 Å². The molecule has 2 aliphatic heterocycles. The van der Waals surface area contributed by atoms with Crippen LogP contribution in [0.3, 0.4) is 0 Å². The van der Waals surface area contributed by atoms with Gasteiger partial charge in [-0.15, -0.1) is 11.6 Å². The first-order valence-corrected chi connectivity index (χ1v) is 10.7. The summed E-state index contributed by atoms with van der Waals surface area (Å²) in [7, 11) is 0. The van der Waals surface area contributed by atoms with Gasteiger partial charge in [-0.1, -0.05) is 11.6 Å². The van der Waals surface area contributed by atoms with Gasteiger partial charge in [0.15, 0.2) is 5.60 Å². The van der Waals surface area contributed by atoms with Gasteiger partial charge in [0.05, 0.1) is 0 Å². The number of halogens is 2. The maximum absolute atomic E-state index is 13.4. The van der Waals surface area contributed by atoms with Crippen LogP contribution in [0.25, 0.3) is 0 Å². The molecule has 2 aliphatic rings. The summed E-state index contributed by atoms with van der Waals surface area (Å²) in [5, 5.41) is 6.79. The number of benzene rings is 1. The molecule has 3 rings (SSSR count). The molecule has 2 N–H and O–H groups in total. The smallest absolute Gasteiger partial charge is 0.266 e. The highest BCUT2D eigenvalue weighted by molar-refractivity contribution is 6.30. The molecule has 154 valence electrons. The molecule has 0 radical (unpaired) electrons. The van der Waals surface area contributed by atoms with E-state index in [1.165, 1.54) is 0 Å². The lowest BCUT2D eigenvalue weighted by Gasteiger charge is -2.42. The predicted octanol–water partition coefficient (Wildman–Crippen LogP) is 2.43. The van der Waals surface area contributed by atoms with Gasteiger partial charge in [0.2, 0.25) is 5.91 Å². The fourth-order valence-corrected chi connectivity index (χ4v) is 4.07. The van der Waals surface area contributed by atoms with Crippen molar-refractivity contribution in [2.45, 2.75) is 31.3 Å². The molecule has 0 atom stereocenters. The Kier molecular flexibility index (Phi) is 7.43. The summed E-state index contributed by atoms with van der Waals surface area (Å²) in [6, 6.07) is 7.17. The van der Waals surface area contributed by atoms with Gasteiger partial charge in [0.1, 0.15) is 11.6 Å². The van der Waals surface area contributed by atoms with Gasteiger partial charge in [-0.25, -0.2) is 0 Å². The summed E-state index contributed by atoms with van der Waals surface area (Å²) in [4.78, 5) is 26.7. The van der Waals surface area contributed by atoms with Crippen LogP contribution < -0.4 is 15.4 Å². The summed E-state index contributed by atoms with van der Waals surface area (Å²) < 4.78 is 6.27. The number of alkyl halides is 1. The quantitative estimate of drug-likeness (QED) is 0.683. The Morgan fingerprint density at radius 3 is 2.43 bits per heavy atom. The first-order chi connectivity index (χ1) is 13.5. The number of ether oxygens (including phenoxy) is 1. The molecule has 2 amide bonds. The van der Waals surface area contributed by atoms with Crippen LogP contribution in [0.15, 0.2) is 24.3 Å². The molecule has 6 nitrogen and oxygen atoms in total. The van der Waals surface area contributed by atoms with Crippen LogP contribution in [0.1, 0.15) is 25.7 Å². The van der Waals surface area contributed by atoms with Gasteiger partial charge in [-0.2, -0.15) is 0 Å². The van der Waals surface area contributed by atoms with Crippen molar-refractivity contribution in [3.05, 3.63) is 29.3 Å². The SMILES string of the molecule is O=C(CCl)NCC1CCN(C(=O)C2(Oc3ccc(Cl)cc3)CCNCC2)CC1. The van der Waals surface area contributed by atoms with Crippen molar-refractivity contribution in [2.24, 2.45) is 5.92 Å². The Bertz CT molecular complexity index is 670. The van der Waals surface area contributed by atoms with E-state index < -0.39 is 5.60 Å². The predicted molar refractivity (Wildman–Crippen MR) is 110 cm³/mol. The summed E-state index contributed by atoms with van der Waals surface area (Å²) in [6.45, 7) is 3.48. The van der Waals surface area contributed by atoms with Crippen molar-refractivity contribution in [2.75, 3.05) is 38.6 Å². The summed E-state index contributed by atoms with van der Waals surface area (Å²) >= 11 is 11.5. The molecule has 0 unspecified atom stereocenters. The molecule has 0 saturated carbocycles. The van der Waals surface area contributed by atoms with E-state index in [0.717, 1.165) is 25.9 Å². The minimum atomic E-state index is -0.835. The number of hydrogen-bond donors (Lipinski definition) is 2. The second kappa shape index (κ2) is 9.81. The Morgan fingerprint density at radius 2 is 1.82 bits per heavy atom. The topological polar surface area (TPSA) is 70.7 Å². The molecule has 0 aromatic heterocycles. The molecule has 8 heteroatoms. The third-order valence-corrected chi connectivity index (χ3v) is 6.03. The van der Waals surface area contributed by atoms with Crippen LogP contribution in [0.5, 0.6) is 5.75 Å². The number of carbonyl (C=O) groups excluding carboxylic acids is 2. The van der Waals surface area contributed by atoms with Crippen LogP contribution in [0.4, 0.5) is 0 Å². The second-order valence-electron chi connectivity index (χ2n) is 7.47. The van der Waals surface area contributed by atoms with Gasteiger partial charge >= 0.3 is 0 Å². The van der Waals surface area contributed by atoms with Crippen LogP contribution in [0.2, 0.25) is 5.02 Å². The number of rotatable bonds is 6. The van der Waals surface area contributed by atoms with Gasteiger partial charge in [-0.05, 0) is 56.1 Å². The third-order valence-electron chi connectivity index (χ3n) is 5.54. The van der Waals surface area contributed by atoms with Gasteiger partial charge in [-0.3, -0.25) is 9.59 Å².